The van der Waals surface area contributed by atoms with Gasteiger partial charge in [-0.05, 0) is 39.2 Å². The lowest BCUT2D eigenvalue weighted by molar-refractivity contribution is -0.143. The molecule has 1 aromatic carbocycles. The molecule has 0 spiro atoms. The Morgan fingerprint density at radius 3 is 2.21 bits per heavy atom. The molecule has 8 nitrogen and oxygen atoms in total. The van der Waals surface area contributed by atoms with Crippen LogP contribution in [-0.2, 0) is 20.9 Å². The highest BCUT2D eigenvalue weighted by molar-refractivity contribution is 5.80. The van der Waals surface area contributed by atoms with Crippen molar-refractivity contribution >= 4 is 18.2 Å². The van der Waals surface area contributed by atoms with Gasteiger partial charge in [0, 0.05) is 20.6 Å². The van der Waals surface area contributed by atoms with E-state index in [1.807, 2.05) is 30.3 Å². The number of nitrogens with zero attached hydrogens (tertiary/aromatic N) is 2. The van der Waals surface area contributed by atoms with Gasteiger partial charge in [-0.25, -0.2) is 14.4 Å². The molecule has 0 radical (unpaired) electrons. The molecular formula is C20H30N2O6. The molecule has 0 aliphatic carbocycles. The molecule has 156 valence electrons. The summed E-state index contributed by atoms with van der Waals surface area (Å²) in [5.74, 6) is -1.12. The first-order valence-corrected chi connectivity index (χ1v) is 9.11. The summed E-state index contributed by atoms with van der Waals surface area (Å²) in [5.41, 5.74) is 0.172. The van der Waals surface area contributed by atoms with Crippen LogP contribution in [0.5, 0.6) is 0 Å². The summed E-state index contributed by atoms with van der Waals surface area (Å²) in [4.78, 5) is 38.1. The molecule has 0 aliphatic rings. The maximum absolute atomic E-state index is 12.1. The van der Waals surface area contributed by atoms with Crippen LogP contribution in [0, 0.1) is 0 Å². The Labute approximate surface area is 166 Å². The predicted octanol–water partition coefficient (Wildman–Crippen LogP) is 3.36. The summed E-state index contributed by atoms with van der Waals surface area (Å²) in [6.07, 6.45) is -0.616. The minimum Gasteiger partial charge on any atom is -0.480 e. The number of benzene rings is 1. The maximum atomic E-state index is 12.1. The summed E-state index contributed by atoms with van der Waals surface area (Å²) in [6, 6.07) is 8.28. The van der Waals surface area contributed by atoms with Crippen LogP contribution in [0.1, 0.15) is 39.2 Å². The number of aliphatic carboxylic acids is 1. The average Bonchev–Trinajstić information content (AvgIpc) is 2.61. The van der Waals surface area contributed by atoms with Crippen molar-refractivity contribution in [2.45, 2.75) is 51.9 Å². The third kappa shape index (κ3) is 8.28. The second kappa shape index (κ2) is 10.5. The number of likely N-dealkylation sites (N-methyl/N-ethyl adjacent to an activating group) is 1. The highest BCUT2D eigenvalue weighted by Gasteiger charge is 2.29. The standard InChI is InChI=1S/C20H30N2O6/c1-20(2,3)28-19(26)22(5)16(17(23)24)12-9-13-21(4)18(25)27-14-15-10-7-6-8-11-15/h6-8,10-11,16H,9,12-14H2,1-5H3,(H,23,24). The van der Waals surface area contributed by atoms with E-state index in [0.717, 1.165) is 10.5 Å². The number of carbonyl (C=O) groups excluding carboxylic acids is 2. The Bertz CT molecular complexity index is 656. The van der Waals surface area contributed by atoms with Crippen molar-refractivity contribution in [3.63, 3.8) is 0 Å². The predicted molar refractivity (Wildman–Crippen MR) is 104 cm³/mol. The van der Waals surface area contributed by atoms with Crippen LogP contribution < -0.4 is 0 Å². The molecular weight excluding hydrogens is 364 g/mol. The highest BCUT2D eigenvalue weighted by Crippen LogP contribution is 2.14. The van der Waals surface area contributed by atoms with Crippen LogP contribution >= 0.6 is 0 Å². The Morgan fingerprint density at radius 2 is 1.68 bits per heavy atom. The van der Waals surface area contributed by atoms with Crippen LogP contribution in [0.15, 0.2) is 30.3 Å². The first-order chi connectivity index (χ1) is 13.0. The molecule has 0 bridgehead atoms. The lowest BCUT2D eigenvalue weighted by Gasteiger charge is -2.28. The molecule has 1 aromatic rings. The topological polar surface area (TPSA) is 96.4 Å². The van der Waals surface area contributed by atoms with Gasteiger partial charge in [0.2, 0.25) is 0 Å². The fourth-order valence-corrected chi connectivity index (χ4v) is 2.39. The zero-order chi connectivity index (χ0) is 21.3. The van der Waals surface area contributed by atoms with Gasteiger partial charge in [0.25, 0.3) is 0 Å². The van der Waals surface area contributed by atoms with Crippen molar-refractivity contribution in [2.75, 3.05) is 20.6 Å². The zero-order valence-corrected chi connectivity index (χ0v) is 17.2. The van der Waals surface area contributed by atoms with Crippen molar-refractivity contribution < 1.29 is 29.0 Å². The molecule has 1 rings (SSSR count). The van der Waals surface area contributed by atoms with E-state index in [4.69, 9.17) is 9.47 Å². The van der Waals surface area contributed by atoms with Gasteiger partial charge in [0.15, 0.2) is 0 Å². The first kappa shape index (κ1) is 23.3. The van der Waals surface area contributed by atoms with E-state index in [2.05, 4.69) is 0 Å². The first-order valence-electron chi connectivity index (χ1n) is 9.11. The number of carboxylic acids is 1. The Morgan fingerprint density at radius 1 is 1.07 bits per heavy atom. The third-order valence-electron chi connectivity index (χ3n) is 3.92. The van der Waals surface area contributed by atoms with Crippen LogP contribution in [-0.4, -0.2) is 65.3 Å². The second-order valence-corrected chi connectivity index (χ2v) is 7.55. The molecule has 2 amide bonds. The van der Waals surface area contributed by atoms with Crippen LogP contribution in [0.4, 0.5) is 9.59 Å². The molecule has 0 aliphatic heterocycles. The van der Waals surface area contributed by atoms with E-state index in [9.17, 15) is 19.5 Å². The molecule has 8 heteroatoms. The van der Waals surface area contributed by atoms with Crippen LogP contribution in [0.25, 0.3) is 0 Å². The molecule has 28 heavy (non-hydrogen) atoms. The van der Waals surface area contributed by atoms with E-state index >= 15 is 0 Å². The summed E-state index contributed by atoms with van der Waals surface area (Å²) < 4.78 is 10.4. The van der Waals surface area contributed by atoms with Gasteiger partial charge in [0.1, 0.15) is 18.2 Å². The number of rotatable bonds is 8. The van der Waals surface area contributed by atoms with Gasteiger partial charge < -0.3 is 19.5 Å². The number of carboxylic acid groups (broad SMARTS) is 1. The van der Waals surface area contributed by atoms with Gasteiger partial charge in [-0.1, -0.05) is 30.3 Å². The number of hydrogen-bond donors (Lipinski definition) is 1. The van der Waals surface area contributed by atoms with Crippen molar-refractivity contribution in [1.82, 2.24) is 9.80 Å². The van der Waals surface area contributed by atoms with Gasteiger partial charge in [-0.2, -0.15) is 0 Å². The zero-order valence-electron chi connectivity index (χ0n) is 17.2. The number of ether oxygens (including phenoxy) is 2. The second-order valence-electron chi connectivity index (χ2n) is 7.55. The number of hydrogen-bond acceptors (Lipinski definition) is 5. The summed E-state index contributed by atoms with van der Waals surface area (Å²) in [5, 5.41) is 9.42. The molecule has 0 saturated heterocycles. The number of amides is 2. The monoisotopic (exact) mass is 394 g/mol. The average molecular weight is 394 g/mol. The molecule has 0 heterocycles. The summed E-state index contributed by atoms with van der Waals surface area (Å²) in [7, 11) is 2.98. The minimum absolute atomic E-state index is 0.170. The van der Waals surface area contributed by atoms with E-state index in [1.54, 1.807) is 27.8 Å². The van der Waals surface area contributed by atoms with Crippen molar-refractivity contribution in [3.8, 4) is 0 Å². The van der Waals surface area contributed by atoms with E-state index in [-0.39, 0.29) is 13.0 Å². The van der Waals surface area contributed by atoms with E-state index < -0.39 is 29.8 Å². The molecule has 0 fully saturated rings. The Kier molecular flexibility index (Phi) is 8.76. The van der Waals surface area contributed by atoms with Crippen LogP contribution in [0.2, 0.25) is 0 Å². The minimum atomic E-state index is -1.12. The quantitative estimate of drug-likeness (QED) is 0.726. The molecule has 1 N–H and O–H groups in total. The summed E-state index contributed by atoms with van der Waals surface area (Å²) >= 11 is 0. The lowest BCUT2D eigenvalue weighted by Crippen LogP contribution is -2.45. The van der Waals surface area contributed by atoms with Gasteiger partial charge in [-0.3, -0.25) is 4.90 Å². The molecule has 1 unspecified atom stereocenters. The maximum Gasteiger partial charge on any atom is 0.410 e. The fraction of sp³-hybridized carbons (Fsp3) is 0.550. The SMILES string of the molecule is CN(CCCC(C(=O)O)N(C)C(=O)OC(C)(C)C)C(=O)OCc1ccccc1. The van der Waals surface area contributed by atoms with E-state index in [1.165, 1.54) is 11.9 Å². The fourth-order valence-electron chi connectivity index (χ4n) is 2.39. The van der Waals surface area contributed by atoms with Crippen molar-refractivity contribution in [3.05, 3.63) is 35.9 Å². The Hall–Kier alpha value is -2.77. The van der Waals surface area contributed by atoms with Gasteiger partial charge in [0.05, 0.1) is 0 Å². The molecule has 1 atom stereocenters. The Balaban J connectivity index is 2.47. The van der Waals surface area contributed by atoms with Gasteiger partial charge >= 0.3 is 18.2 Å². The number of carbonyl (C=O) groups is 3. The smallest absolute Gasteiger partial charge is 0.410 e. The van der Waals surface area contributed by atoms with Gasteiger partial charge in [-0.15, -0.1) is 0 Å². The molecule has 0 saturated carbocycles. The largest absolute Gasteiger partial charge is 0.480 e. The normalized spacial score (nSPS) is 12.0. The van der Waals surface area contributed by atoms with Crippen molar-refractivity contribution in [2.24, 2.45) is 0 Å². The third-order valence-corrected chi connectivity index (χ3v) is 3.92. The van der Waals surface area contributed by atoms with Crippen molar-refractivity contribution in [1.29, 1.82) is 0 Å². The highest BCUT2D eigenvalue weighted by atomic mass is 16.6. The summed E-state index contributed by atoms with van der Waals surface area (Å²) in [6.45, 7) is 5.61. The molecule has 0 aromatic heterocycles. The van der Waals surface area contributed by atoms with Crippen LogP contribution in [0.3, 0.4) is 0 Å². The lowest BCUT2D eigenvalue weighted by atomic mass is 10.1. The van der Waals surface area contributed by atoms with E-state index in [0.29, 0.717) is 13.0 Å².